The zero-order chi connectivity index (χ0) is 9.97. The molecule has 1 aromatic rings. The fourth-order valence-electron chi connectivity index (χ4n) is 1.82. The van der Waals surface area contributed by atoms with E-state index in [9.17, 15) is 0 Å². The standard InChI is InChI=1S/C12H16N2/c1-9-6-7-14-12(8-9)10-2-4-11(13)5-3-10/h2-6,12,14H,7-8,13H2,1H3. The topological polar surface area (TPSA) is 38.0 Å². The maximum atomic E-state index is 5.65. The molecule has 74 valence electrons. The maximum absolute atomic E-state index is 5.65. The van der Waals surface area contributed by atoms with Gasteiger partial charge in [-0.05, 0) is 31.0 Å². The van der Waals surface area contributed by atoms with E-state index in [1.165, 1.54) is 11.1 Å². The average molecular weight is 188 g/mol. The van der Waals surface area contributed by atoms with Gasteiger partial charge in [0.15, 0.2) is 0 Å². The third kappa shape index (κ3) is 1.96. The number of anilines is 1. The van der Waals surface area contributed by atoms with Crippen molar-refractivity contribution >= 4 is 5.69 Å². The minimum atomic E-state index is 0.459. The molecule has 1 unspecified atom stereocenters. The summed E-state index contributed by atoms with van der Waals surface area (Å²) in [5.41, 5.74) is 9.27. The molecule has 2 rings (SSSR count). The fourth-order valence-corrected chi connectivity index (χ4v) is 1.82. The molecule has 0 bridgehead atoms. The van der Waals surface area contributed by atoms with Gasteiger partial charge in [-0.1, -0.05) is 23.8 Å². The molecule has 0 aromatic heterocycles. The predicted octanol–water partition coefficient (Wildman–Crippen LogP) is 2.25. The van der Waals surface area contributed by atoms with Crippen LogP contribution in [0.1, 0.15) is 24.9 Å². The Bertz CT molecular complexity index is 338. The van der Waals surface area contributed by atoms with Crippen LogP contribution >= 0.6 is 0 Å². The van der Waals surface area contributed by atoms with Gasteiger partial charge in [-0.2, -0.15) is 0 Å². The Labute approximate surface area is 84.8 Å². The molecule has 2 heteroatoms. The van der Waals surface area contributed by atoms with Gasteiger partial charge >= 0.3 is 0 Å². The molecule has 0 saturated carbocycles. The lowest BCUT2D eigenvalue weighted by Crippen LogP contribution is -2.25. The van der Waals surface area contributed by atoms with Crippen LogP contribution in [0, 0.1) is 0 Å². The van der Waals surface area contributed by atoms with E-state index < -0.39 is 0 Å². The second-order valence-electron chi connectivity index (χ2n) is 3.88. The molecule has 1 atom stereocenters. The number of benzene rings is 1. The molecule has 3 N–H and O–H groups in total. The molecule has 1 aromatic carbocycles. The minimum absolute atomic E-state index is 0.459. The van der Waals surface area contributed by atoms with Crippen molar-refractivity contribution in [1.29, 1.82) is 0 Å². The summed E-state index contributed by atoms with van der Waals surface area (Å²) in [5.74, 6) is 0. The first-order valence-electron chi connectivity index (χ1n) is 5.00. The Balaban J connectivity index is 2.16. The fraction of sp³-hybridized carbons (Fsp3) is 0.333. The molecule has 0 aliphatic carbocycles. The quantitative estimate of drug-likeness (QED) is 0.524. The van der Waals surface area contributed by atoms with Crippen LogP contribution in [-0.2, 0) is 0 Å². The van der Waals surface area contributed by atoms with Crippen LogP contribution in [0.3, 0.4) is 0 Å². The Morgan fingerprint density at radius 1 is 1.29 bits per heavy atom. The van der Waals surface area contributed by atoms with Crippen molar-refractivity contribution < 1.29 is 0 Å². The van der Waals surface area contributed by atoms with Crippen molar-refractivity contribution in [2.75, 3.05) is 12.3 Å². The molecule has 0 spiro atoms. The summed E-state index contributed by atoms with van der Waals surface area (Å²) in [5, 5.41) is 3.47. The van der Waals surface area contributed by atoms with Gasteiger partial charge in [-0.15, -0.1) is 0 Å². The normalized spacial score (nSPS) is 21.8. The van der Waals surface area contributed by atoms with Crippen molar-refractivity contribution in [1.82, 2.24) is 5.32 Å². The molecule has 0 radical (unpaired) electrons. The second kappa shape index (κ2) is 3.84. The Kier molecular flexibility index (Phi) is 2.55. The third-order valence-corrected chi connectivity index (χ3v) is 2.68. The Hall–Kier alpha value is -1.28. The average Bonchev–Trinajstić information content (AvgIpc) is 2.19. The van der Waals surface area contributed by atoms with E-state index in [0.29, 0.717) is 6.04 Å². The highest BCUT2D eigenvalue weighted by molar-refractivity contribution is 5.40. The molecule has 1 heterocycles. The van der Waals surface area contributed by atoms with E-state index in [0.717, 1.165) is 18.7 Å². The SMILES string of the molecule is CC1=CCNC(c2ccc(N)cc2)C1. The molecule has 1 aliphatic rings. The molecule has 1 aliphatic heterocycles. The number of rotatable bonds is 1. The lowest BCUT2D eigenvalue weighted by atomic mass is 9.97. The summed E-state index contributed by atoms with van der Waals surface area (Å²) < 4.78 is 0. The third-order valence-electron chi connectivity index (χ3n) is 2.68. The van der Waals surface area contributed by atoms with Crippen molar-refractivity contribution in [2.45, 2.75) is 19.4 Å². The van der Waals surface area contributed by atoms with Gasteiger partial charge in [0.05, 0.1) is 0 Å². The zero-order valence-electron chi connectivity index (χ0n) is 8.46. The van der Waals surface area contributed by atoms with Gasteiger partial charge in [0.1, 0.15) is 0 Å². The second-order valence-corrected chi connectivity index (χ2v) is 3.88. The van der Waals surface area contributed by atoms with Crippen LogP contribution in [0.5, 0.6) is 0 Å². The van der Waals surface area contributed by atoms with Crippen LogP contribution < -0.4 is 11.1 Å². The predicted molar refractivity (Wildman–Crippen MR) is 60.0 cm³/mol. The molecule has 2 nitrogen and oxygen atoms in total. The van der Waals surface area contributed by atoms with E-state index in [1.54, 1.807) is 0 Å². The minimum Gasteiger partial charge on any atom is -0.399 e. The van der Waals surface area contributed by atoms with Gasteiger partial charge in [-0.3, -0.25) is 0 Å². The summed E-state index contributed by atoms with van der Waals surface area (Å²) in [6.45, 7) is 3.16. The molecular weight excluding hydrogens is 172 g/mol. The smallest absolute Gasteiger partial charge is 0.0360 e. The van der Waals surface area contributed by atoms with E-state index in [-0.39, 0.29) is 0 Å². The maximum Gasteiger partial charge on any atom is 0.0360 e. The molecular formula is C12H16N2. The number of nitrogen functional groups attached to an aromatic ring is 1. The number of hydrogen-bond donors (Lipinski definition) is 2. The van der Waals surface area contributed by atoms with Crippen molar-refractivity contribution in [3.8, 4) is 0 Å². The van der Waals surface area contributed by atoms with Gasteiger partial charge in [0.25, 0.3) is 0 Å². The summed E-state index contributed by atoms with van der Waals surface area (Å²) in [7, 11) is 0. The molecule has 0 saturated heterocycles. The summed E-state index contributed by atoms with van der Waals surface area (Å²) in [6, 6.07) is 8.59. The van der Waals surface area contributed by atoms with Crippen LogP contribution in [0.15, 0.2) is 35.9 Å². The van der Waals surface area contributed by atoms with Crippen LogP contribution in [0.2, 0.25) is 0 Å². The van der Waals surface area contributed by atoms with E-state index >= 15 is 0 Å². The summed E-state index contributed by atoms with van der Waals surface area (Å²) in [6.07, 6.45) is 3.34. The number of nitrogens with two attached hydrogens (primary N) is 1. The lowest BCUT2D eigenvalue weighted by Gasteiger charge is -2.23. The lowest BCUT2D eigenvalue weighted by molar-refractivity contribution is 0.538. The largest absolute Gasteiger partial charge is 0.399 e. The first-order valence-corrected chi connectivity index (χ1v) is 5.00. The first kappa shape index (κ1) is 9.28. The van der Waals surface area contributed by atoms with Crippen LogP contribution in [0.25, 0.3) is 0 Å². The van der Waals surface area contributed by atoms with Gasteiger partial charge in [-0.25, -0.2) is 0 Å². The van der Waals surface area contributed by atoms with Gasteiger partial charge in [0, 0.05) is 18.3 Å². The zero-order valence-corrected chi connectivity index (χ0v) is 8.46. The van der Waals surface area contributed by atoms with Crippen molar-refractivity contribution in [3.63, 3.8) is 0 Å². The molecule has 0 amide bonds. The van der Waals surface area contributed by atoms with E-state index in [2.05, 4.69) is 30.4 Å². The number of nitrogens with one attached hydrogen (secondary N) is 1. The molecule has 14 heavy (non-hydrogen) atoms. The Morgan fingerprint density at radius 2 is 2.00 bits per heavy atom. The highest BCUT2D eigenvalue weighted by atomic mass is 14.9. The molecule has 0 fully saturated rings. The monoisotopic (exact) mass is 188 g/mol. The highest BCUT2D eigenvalue weighted by Gasteiger charge is 2.13. The van der Waals surface area contributed by atoms with Crippen LogP contribution in [0.4, 0.5) is 5.69 Å². The van der Waals surface area contributed by atoms with Gasteiger partial charge < -0.3 is 11.1 Å². The van der Waals surface area contributed by atoms with Crippen LogP contribution in [-0.4, -0.2) is 6.54 Å². The van der Waals surface area contributed by atoms with Gasteiger partial charge in [0.2, 0.25) is 0 Å². The van der Waals surface area contributed by atoms with Crippen molar-refractivity contribution in [3.05, 3.63) is 41.5 Å². The number of hydrogen-bond acceptors (Lipinski definition) is 2. The summed E-state index contributed by atoms with van der Waals surface area (Å²) in [4.78, 5) is 0. The van der Waals surface area contributed by atoms with E-state index in [1.807, 2.05) is 12.1 Å². The first-order chi connectivity index (χ1) is 6.75. The summed E-state index contributed by atoms with van der Waals surface area (Å²) >= 11 is 0. The highest BCUT2D eigenvalue weighted by Crippen LogP contribution is 2.24. The van der Waals surface area contributed by atoms with Crippen molar-refractivity contribution in [2.24, 2.45) is 0 Å². The van der Waals surface area contributed by atoms with E-state index in [4.69, 9.17) is 5.73 Å². The Morgan fingerprint density at radius 3 is 2.64 bits per heavy atom.